The number of carbonyl (C=O) groups is 1. The highest BCUT2D eigenvalue weighted by Gasteiger charge is 2.60. The van der Waals surface area contributed by atoms with E-state index in [1.54, 1.807) is 0 Å². The fourth-order valence-corrected chi connectivity index (χ4v) is 7.06. The van der Waals surface area contributed by atoms with Crippen molar-refractivity contribution in [3.05, 3.63) is 35.4 Å². The molecule has 4 aliphatic carbocycles. The molecule has 4 bridgehead atoms. The molecule has 5 rings (SSSR count). The molecule has 27 heavy (non-hydrogen) atoms. The predicted molar refractivity (Wildman–Crippen MR) is 111 cm³/mol. The molecule has 1 aromatic rings. The lowest BCUT2D eigenvalue weighted by Gasteiger charge is -2.59. The van der Waals surface area contributed by atoms with E-state index in [4.69, 9.17) is 11.6 Å². The van der Waals surface area contributed by atoms with Crippen molar-refractivity contribution < 1.29 is 4.79 Å². The standard InChI is InChI=1S/C23H33ClN2O/c1-4-16-5-7-19(8-6-16)20(26(2)3)14-25-21(27)22-10-17-9-18(11-22)13-23(24,12-17)15-22/h5-8,17-18,20H,4,9-15H2,1-3H3,(H,25,27)/t17-,18-,20-,22?,23?/m1/s1. The topological polar surface area (TPSA) is 32.3 Å². The van der Waals surface area contributed by atoms with Gasteiger partial charge >= 0.3 is 0 Å². The van der Waals surface area contributed by atoms with E-state index >= 15 is 0 Å². The van der Waals surface area contributed by atoms with Crippen molar-refractivity contribution >= 4 is 17.5 Å². The number of carbonyl (C=O) groups excluding carboxylic acids is 1. The molecule has 4 heteroatoms. The summed E-state index contributed by atoms with van der Waals surface area (Å²) in [5.41, 5.74) is 2.40. The summed E-state index contributed by atoms with van der Waals surface area (Å²) in [4.78, 5) is 15.4. The van der Waals surface area contributed by atoms with Gasteiger partial charge in [-0.25, -0.2) is 0 Å². The Morgan fingerprint density at radius 1 is 1.19 bits per heavy atom. The Morgan fingerprint density at radius 3 is 2.33 bits per heavy atom. The summed E-state index contributed by atoms with van der Waals surface area (Å²) in [6, 6.07) is 9.00. The summed E-state index contributed by atoms with van der Waals surface area (Å²) >= 11 is 6.91. The Kier molecular flexibility index (Phi) is 5.05. The predicted octanol–water partition coefficient (Wildman–Crippen LogP) is 4.55. The average Bonchev–Trinajstić information content (AvgIpc) is 2.60. The van der Waals surface area contributed by atoms with Gasteiger partial charge in [0.25, 0.3) is 0 Å². The maximum atomic E-state index is 13.3. The van der Waals surface area contributed by atoms with E-state index in [0.717, 1.165) is 38.5 Å². The first kappa shape index (κ1) is 19.3. The van der Waals surface area contributed by atoms with Gasteiger partial charge in [-0.3, -0.25) is 4.79 Å². The summed E-state index contributed by atoms with van der Waals surface area (Å²) in [5, 5.41) is 3.33. The molecule has 0 unspecified atom stereocenters. The molecule has 0 aliphatic heterocycles. The zero-order chi connectivity index (χ0) is 19.2. The number of alkyl halides is 1. The Labute approximate surface area is 168 Å². The van der Waals surface area contributed by atoms with Crippen LogP contribution < -0.4 is 5.32 Å². The van der Waals surface area contributed by atoms with E-state index in [2.05, 4.69) is 55.5 Å². The third-order valence-electron chi connectivity index (χ3n) is 7.32. The number of likely N-dealkylation sites (N-methyl/N-ethyl adjacent to an activating group) is 1. The molecule has 0 aromatic heterocycles. The van der Waals surface area contributed by atoms with E-state index in [1.807, 2.05) is 0 Å². The van der Waals surface area contributed by atoms with E-state index in [1.165, 1.54) is 17.5 Å². The highest BCUT2D eigenvalue weighted by Crippen LogP contribution is 2.63. The third kappa shape index (κ3) is 3.65. The molecule has 0 saturated heterocycles. The first-order chi connectivity index (χ1) is 12.8. The second-order valence-corrected chi connectivity index (χ2v) is 10.5. The molecular weight excluding hydrogens is 356 g/mol. The van der Waals surface area contributed by atoms with Crippen LogP contribution in [-0.2, 0) is 11.2 Å². The van der Waals surface area contributed by atoms with Gasteiger partial charge < -0.3 is 10.2 Å². The number of nitrogens with zero attached hydrogens (tertiary/aromatic N) is 1. The first-order valence-corrected chi connectivity index (χ1v) is 10.9. The Morgan fingerprint density at radius 2 is 1.81 bits per heavy atom. The smallest absolute Gasteiger partial charge is 0.226 e. The number of hydrogen-bond donors (Lipinski definition) is 1. The van der Waals surface area contributed by atoms with Gasteiger partial charge in [-0.1, -0.05) is 31.2 Å². The van der Waals surface area contributed by atoms with Crippen molar-refractivity contribution in [2.45, 2.75) is 62.8 Å². The minimum absolute atomic E-state index is 0.113. The number of aryl methyl sites for hydroxylation is 1. The van der Waals surface area contributed by atoms with E-state index < -0.39 is 0 Å². The fourth-order valence-electron chi connectivity index (χ4n) is 6.37. The summed E-state index contributed by atoms with van der Waals surface area (Å²) in [6.45, 7) is 2.83. The largest absolute Gasteiger partial charge is 0.354 e. The number of nitrogens with one attached hydrogen (secondary N) is 1. The zero-order valence-corrected chi connectivity index (χ0v) is 17.7. The quantitative estimate of drug-likeness (QED) is 0.725. The minimum atomic E-state index is -0.214. The first-order valence-electron chi connectivity index (χ1n) is 10.5. The average molecular weight is 389 g/mol. The maximum absolute atomic E-state index is 13.3. The summed E-state index contributed by atoms with van der Waals surface area (Å²) in [5.74, 6) is 1.56. The highest BCUT2D eigenvalue weighted by atomic mass is 35.5. The summed E-state index contributed by atoms with van der Waals surface area (Å²) in [7, 11) is 4.17. The van der Waals surface area contributed by atoms with Crippen molar-refractivity contribution in [3.63, 3.8) is 0 Å². The van der Waals surface area contributed by atoms with Crippen LogP contribution in [0.15, 0.2) is 24.3 Å². The molecule has 3 nitrogen and oxygen atoms in total. The molecule has 1 amide bonds. The van der Waals surface area contributed by atoms with E-state index in [0.29, 0.717) is 18.4 Å². The summed E-state index contributed by atoms with van der Waals surface area (Å²) in [6.07, 6.45) is 7.53. The van der Waals surface area contributed by atoms with E-state index in [-0.39, 0.29) is 22.2 Å². The van der Waals surface area contributed by atoms with Crippen LogP contribution in [-0.4, -0.2) is 36.3 Å². The monoisotopic (exact) mass is 388 g/mol. The van der Waals surface area contributed by atoms with Gasteiger partial charge in [-0.05, 0) is 82.0 Å². The van der Waals surface area contributed by atoms with Crippen LogP contribution in [0, 0.1) is 17.3 Å². The second-order valence-electron chi connectivity index (χ2n) is 9.68. The van der Waals surface area contributed by atoms with Crippen LogP contribution in [0.5, 0.6) is 0 Å². The van der Waals surface area contributed by atoms with Gasteiger partial charge in [-0.2, -0.15) is 0 Å². The molecule has 1 aromatic carbocycles. The van der Waals surface area contributed by atoms with Gasteiger partial charge in [0.1, 0.15) is 0 Å². The van der Waals surface area contributed by atoms with Crippen LogP contribution in [0.25, 0.3) is 0 Å². The number of halogens is 1. The lowest BCUT2D eigenvalue weighted by atomic mass is 9.49. The molecule has 0 spiro atoms. The van der Waals surface area contributed by atoms with Crippen LogP contribution in [0.3, 0.4) is 0 Å². The number of amides is 1. The lowest BCUT2D eigenvalue weighted by molar-refractivity contribution is -0.144. The van der Waals surface area contributed by atoms with Crippen molar-refractivity contribution in [1.82, 2.24) is 10.2 Å². The Hall–Kier alpha value is -1.06. The SMILES string of the molecule is CCc1ccc([C@@H](CNC(=O)C23C[C@H]4C[C@@H](CC(Cl)(C4)C2)C3)N(C)C)cc1. The van der Waals surface area contributed by atoms with Crippen molar-refractivity contribution in [3.8, 4) is 0 Å². The number of rotatable bonds is 6. The van der Waals surface area contributed by atoms with Crippen LogP contribution in [0.4, 0.5) is 0 Å². The highest BCUT2D eigenvalue weighted by molar-refractivity contribution is 6.24. The minimum Gasteiger partial charge on any atom is -0.354 e. The molecule has 3 atom stereocenters. The summed E-state index contributed by atoms with van der Waals surface area (Å²) < 4.78 is 0. The molecule has 4 saturated carbocycles. The maximum Gasteiger partial charge on any atom is 0.226 e. The van der Waals surface area contributed by atoms with E-state index in [9.17, 15) is 4.79 Å². The van der Waals surface area contributed by atoms with Crippen molar-refractivity contribution in [2.75, 3.05) is 20.6 Å². The molecule has 4 aliphatic rings. The van der Waals surface area contributed by atoms with Gasteiger partial charge in [0.2, 0.25) is 5.91 Å². The fraction of sp³-hybridized carbons (Fsp3) is 0.696. The Bertz CT molecular complexity index is 685. The van der Waals surface area contributed by atoms with Crippen LogP contribution in [0.2, 0.25) is 0 Å². The molecule has 4 fully saturated rings. The van der Waals surface area contributed by atoms with Gasteiger partial charge in [0.15, 0.2) is 0 Å². The van der Waals surface area contributed by atoms with Crippen molar-refractivity contribution in [1.29, 1.82) is 0 Å². The third-order valence-corrected chi connectivity index (χ3v) is 7.77. The lowest BCUT2D eigenvalue weighted by Crippen LogP contribution is -2.58. The molecular formula is C23H33ClN2O. The number of hydrogen-bond acceptors (Lipinski definition) is 2. The van der Waals surface area contributed by atoms with Gasteiger partial charge in [0.05, 0.1) is 11.5 Å². The molecule has 0 heterocycles. The van der Waals surface area contributed by atoms with Crippen molar-refractivity contribution in [2.24, 2.45) is 17.3 Å². The van der Waals surface area contributed by atoms with Gasteiger partial charge in [0, 0.05) is 11.4 Å². The van der Waals surface area contributed by atoms with Crippen LogP contribution in [0.1, 0.15) is 62.6 Å². The normalized spacial score (nSPS) is 35.4. The molecule has 148 valence electrons. The molecule has 1 N–H and O–H groups in total. The molecule has 0 radical (unpaired) electrons. The Balaban J connectivity index is 1.45. The zero-order valence-electron chi connectivity index (χ0n) is 16.9. The second kappa shape index (κ2) is 7.08. The van der Waals surface area contributed by atoms with Crippen LogP contribution >= 0.6 is 11.6 Å². The van der Waals surface area contributed by atoms with Gasteiger partial charge in [-0.15, -0.1) is 11.6 Å². The number of benzene rings is 1.